The van der Waals surface area contributed by atoms with E-state index in [0.29, 0.717) is 17.1 Å². The summed E-state index contributed by atoms with van der Waals surface area (Å²) in [5, 5.41) is 10.7. The van der Waals surface area contributed by atoms with Crippen molar-refractivity contribution in [3.63, 3.8) is 0 Å². The number of hydrogen-bond acceptors (Lipinski definition) is 4. The average molecular weight is 374 g/mol. The highest BCUT2D eigenvalue weighted by Gasteiger charge is 2.10. The predicted octanol–water partition coefficient (Wildman–Crippen LogP) is 4.25. The lowest BCUT2D eigenvalue weighted by Gasteiger charge is -2.04. The Morgan fingerprint density at radius 1 is 0.963 bits per heavy atom. The predicted molar refractivity (Wildman–Crippen MR) is 105 cm³/mol. The van der Waals surface area contributed by atoms with Crippen LogP contribution in [0, 0.1) is 11.3 Å². The molecule has 0 unspecified atom stereocenters. The zero-order valence-electron chi connectivity index (χ0n) is 14.5. The number of aromatic amines is 1. The minimum Gasteiger partial charge on any atom is -0.346 e. The largest absolute Gasteiger partial charge is 0.346 e. The molecule has 0 aliphatic carbocycles. The van der Waals surface area contributed by atoms with Crippen LogP contribution in [0.25, 0.3) is 11.0 Å². The summed E-state index contributed by atoms with van der Waals surface area (Å²) in [4.78, 5) is 16.1. The van der Waals surface area contributed by atoms with Gasteiger partial charge in [-0.15, -0.1) is 0 Å². The first-order chi connectivity index (χ1) is 13.2. The van der Waals surface area contributed by atoms with Gasteiger partial charge in [0.05, 0.1) is 11.6 Å². The van der Waals surface area contributed by atoms with Crippen LogP contribution >= 0.6 is 11.6 Å². The monoisotopic (exact) mass is 373 g/mol. The van der Waals surface area contributed by atoms with E-state index in [0.717, 1.165) is 46.3 Å². The van der Waals surface area contributed by atoms with Gasteiger partial charge in [-0.1, -0.05) is 23.7 Å². The van der Waals surface area contributed by atoms with Crippen LogP contribution in [0.15, 0.2) is 55.1 Å². The molecule has 132 valence electrons. The number of nitrogens with one attached hydrogen (secondary N) is 1. The average Bonchev–Trinajstić information content (AvgIpc) is 3.12. The van der Waals surface area contributed by atoms with Crippen LogP contribution in [0.5, 0.6) is 0 Å². The number of fused-ring (bicyclic) bond motifs is 1. The Morgan fingerprint density at radius 3 is 2.56 bits per heavy atom. The number of nitriles is 1. The van der Waals surface area contributed by atoms with E-state index in [9.17, 15) is 5.26 Å². The zero-order chi connectivity index (χ0) is 18.6. The molecule has 4 heterocycles. The second kappa shape index (κ2) is 7.56. The maximum atomic E-state index is 9.33. The molecule has 0 amide bonds. The number of pyridine rings is 3. The Balaban J connectivity index is 1.47. The second-order valence-electron chi connectivity index (χ2n) is 6.33. The van der Waals surface area contributed by atoms with Crippen molar-refractivity contribution < 1.29 is 0 Å². The van der Waals surface area contributed by atoms with Gasteiger partial charge in [-0.2, -0.15) is 5.26 Å². The molecule has 0 saturated carbocycles. The second-order valence-corrected chi connectivity index (χ2v) is 6.72. The van der Waals surface area contributed by atoms with Crippen molar-refractivity contribution in [1.29, 1.82) is 5.26 Å². The molecule has 6 heteroatoms. The summed E-state index contributed by atoms with van der Waals surface area (Å²) in [6, 6.07) is 11.9. The van der Waals surface area contributed by atoms with E-state index in [1.54, 1.807) is 24.5 Å². The SMILES string of the molecule is N#Cc1ccnc2[nH]cc(Cc3ccc(CCc4ccc(Cl)nc4)nc3)c12. The van der Waals surface area contributed by atoms with Crippen molar-refractivity contribution >= 4 is 22.6 Å². The summed E-state index contributed by atoms with van der Waals surface area (Å²) in [6.07, 6.45) is 9.68. The number of hydrogen-bond donors (Lipinski definition) is 1. The van der Waals surface area contributed by atoms with Gasteiger partial charge in [0.15, 0.2) is 0 Å². The summed E-state index contributed by atoms with van der Waals surface area (Å²) in [6.45, 7) is 0. The Morgan fingerprint density at radius 2 is 1.81 bits per heavy atom. The Labute approximate surface area is 161 Å². The van der Waals surface area contributed by atoms with Gasteiger partial charge in [0.2, 0.25) is 0 Å². The molecular weight excluding hydrogens is 358 g/mol. The van der Waals surface area contributed by atoms with Crippen molar-refractivity contribution in [2.45, 2.75) is 19.3 Å². The van der Waals surface area contributed by atoms with E-state index in [1.165, 1.54) is 0 Å². The zero-order valence-corrected chi connectivity index (χ0v) is 15.2. The van der Waals surface area contributed by atoms with Crippen molar-refractivity contribution in [2.24, 2.45) is 0 Å². The van der Waals surface area contributed by atoms with Gasteiger partial charge in [-0.05, 0) is 47.7 Å². The Kier molecular flexibility index (Phi) is 4.82. The van der Waals surface area contributed by atoms with Gasteiger partial charge in [-0.3, -0.25) is 4.98 Å². The first-order valence-electron chi connectivity index (χ1n) is 8.62. The van der Waals surface area contributed by atoms with Crippen LogP contribution < -0.4 is 0 Å². The number of aromatic nitrogens is 4. The molecule has 0 aromatic carbocycles. The molecule has 0 fully saturated rings. The van der Waals surface area contributed by atoms with Gasteiger partial charge in [0.25, 0.3) is 0 Å². The molecule has 0 radical (unpaired) electrons. The van der Waals surface area contributed by atoms with Crippen LogP contribution in [0.4, 0.5) is 0 Å². The van der Waals surface area contributed by atoms with Crippen molar-refractivity contribution in [3.8, 4) is 6.07 Å². The van der Waals surface area contributed by atoms with Crippen LogP contribution in [0.2, 0.25) is 5.15 Å². The number of rotatable bonds is 5. The maximum Gasteiger partial charge on any atom is 0.138 e. The Hall–Kier alpha value is -3.23. The summed E-state index contributed by atoms with van der Waals surface area (Å²) in [5.74, 6) is 0. The highest BCUT2D eigenvalue weighted by Crippen LogP contribution is 2.23. The molecule has 0 bridgehead atoms. The fraction of sp³-hybridized carbons (Fsp3) is 0.143. The molecule has 4 aromatic rings. The van der Waals surface area contributed by atoms with E-state index >= 15 is 0 Å². The molecule has 4 aromatic heterocycles. The summed E-state index contributed by atoms with van der Waals surface area (Å²) in [5.41, 5.74) is 5.70. The molecule has 0 saturated heterocycles. The lowest BCUT2D eigenvalue weighted by molar-refractivity contribution is 0.902. The lowest BCUT2D eigenvalue weighted by Crippen LogP contribution is -1.97. The molecular formula is C21H16ClN5. The van der Waals surface area contributed by atoms with Crippen molar-refractivity contribution in [2.75, 3.05) is 0 Å². The summed E-state index contributed by atoms with van der Waals surface area (Å²) in [7, 11) is 0. The van der Waals surface area contributed by atoms with E-state index in [2.05, 4.69) is 38.1 Å². The third-order valence-corrected chi connectivity index (χ3v) is 4.74. The number of H-pyrrole nitrogens is 1. The lowest BCUT2D eigenvalue weighted by atomic mass is 10.0. The van der Waals surface area contributed by atoms with Gasteiger partial charge < -0.3 is 4.98 Å². The molecule has 0 atom stereocenters. The van der Waals surface area contributed by atoms with Crippen LogP contribution in [-0.4, -0.2) is 19.9 Å². The molecule has 27 heavy (non-hydrogen) atoms. The number of aryl methyl sites for hydroxylation is 2. The first kappa shape index (κ1) is 17.2. The Bertz CT molecular complexity index is 1110. The standard InChI is InChI=1S/C21H16ClN5/c22-19-6-3-14(11-26-19)1-4-18-5-2-15(12-25-18)9-17-13-27-21-20(17)16(10-23)7-8-24-21/h2-3,5-8,11-13H,1,4,9H2,(H,24,27). The van der Waals surface area contributed by atoms with E-state index < -0.39 is 0 Å². The number of halogens is 1. The first-order valence-corrected chi connectivity index (χ1v) is 9.00. The third kappa shape index (κ3) is 3.81. The van der Waals surface area contributed by atoms with Gasteiger partial charge >= 0.3 is 0 Å². The van der Waals surface area contributed by atoms with Gasteiger partial charge in [0, 0.05) is 42.3 Å². The van der Waals surface area contributed by atoms with Crippen molar-refractivity contribution in [3.05, 3.63) is 88.2 Å². The highest BCUT2D eigenvalue weighted by molar-refractivity contribution is 6.29. The molecule has 0 aliphatic heterocycles. The van der Waals surface area contributed by atoms with Crippen LogP contribution in [0.3, 0.4) is 0 Å². The quantitative estimate of drug-likeness (QED) is 0.530. The van der Waals surface area contributed by atoms with E-state index in [1.807, 2.05) is 18.5 Å². The van der Waals surface area contributed by atoms with Crippen LogP contribution in [-0.2, 0) is 19.3 Å². The fourth-order valence-electron chi connectivity index (χ4n) is 3.11. The normalized spacial score (nSPS) is 10.8. The minimum absolute atomic E-state index is 0.508. The molecule has 4 rings (SSSR count). The molecule has 1 N–H and O–H groups in total. The minimum atomic E-state index is 0.508. The van der Waals surface area contributed by atoms with Crippen molar-refractivity contribution in [1.82, 2.24) is 19.9 Å². The molecule has 0 aliphatic rings. The summed E-state index contributed by atoms with van der Waals surface area (Å²) >= 11 is 5.81. The third-order valence-electron chi connectivity index (χ3n) is 4.51. The van der Waals surface area contributed by atoms with E-state index in [-0.39, 0.29) is 0 Å². The van der Waals surface area contributed by atoms with Gasteiger partial charge in [0.1, 0.15) is 10.8 Å². The molecule has 5 nitrogen and oxygen atoms in total. The van der Waals surface area contributed by atoms with E-state index in [4.69, 9.17) is 11.6 Å². The van der Waals surface area contributed by atoms with Crippen LogP contribution in [0.1, 0.15) is 27.9 Å². The highest BCUT2D eigenvalue weighted by atomic mass is 35.5. The topological polar surface area (TPSA) is 78.2 Å². The summed E-state index contributed by atoms with van der Waals surface area (Å²) < 4.78 is 0. The fourth-order valence-corrected chi connectivity index (χ4v) is 3.22. The van der Waals surface area contributed by atoms with Gasteiger partial charge in [-0.25, -0.2) is 9.97 Å². The molecule has 0 spiro atoms. The maximum absolute atomic E-state index is 9.33. The number of nitrogens with zero attached hydrogens (tertiary/aromatic N) is 4. The smallest absolute Gasteiger partial charge is 0.138 e.